The van der Waals surface area contributed by atoms with Crippen molar-refractivity contribution in [3.8, 4) is 5.75 Å². The quantitative estimate of drug-likeness (QED) is 0.839. The summed E-state index contributed by atoms with van der Waals surface area (Å²) in [7, 11) is 0. The van der Waals surface area contributed by atoms with E-state index in [9.17, 15) is 13.6 Å². The molecule has 0 heterocycles. The number of ether oxygens (including phenoxy) is 2. The van der Waals surface area contributed by atoms with Crippen LogP contribution < -0.4 is 4.74 Å². The highest BCUT2D eigenvalue weighted by atomic mass is 19.1. The van der Waals surface area contributed by atoms with Crippen LogP contribution >= 0.6 is 0 Å². The molecule has 1 aromatic carbocycles. The van der Waals surface area contributed by atoms with Crippen LogP contribution in [-0.2, 0) is 4.74 Å². The summed E-state index contributed by atoms with van der Waals surface area (Å²) in [5.41, 5.74) is -0.832. The minimum absolute atomic E-state index is 0.0302. The molecule has 1 rings (SSSR count). The van der Waals surface area contributed by atoms with Crippen molar-refractivity contribution in [2.75, 3.05) is 13.2 Å². The fourth-order valence-electron chi connectivity index (χ4n) is 1.31. The third-order valence-corrected chi connectivity index (χ3v) is 2.11. The van der Waals surface area contributed by atoms with E-state index in [1.54, 1.807) is 0 Å². The predicted molar refractivity (Wildman–Crippen MR) is 64.5 cm³/mol. The summed E-state index contributed by atoms with van der Waals surface area (Å²) >= 11 is 0. The van der Waals surface area contributed by atoms with E-state index in [0.717, 1.165) is 0 Å². The Kier molecular flexibility index (Phi) is 4.83. The molecule has 6 heteroatoms. The first-order valence-corrected chi connectivity index (χ1v) is 5.70. The van der Waals surface area contributed by atoms with Crippen LogP contribution in [0.4, 0.5) is 8.78 Å². The summed E-state index contributed by atoms with van der Waals surface area (Å²) in [5.74, 6) is -4.09. The Morgan fingerprint density at radius 2 is 1.74 bits per heavy atom. The smallest absolute Gasteiger partial charge is 0.335 e. The number of aromatic carboxylic acids is 1. The van der Waals surface area contributed by atoms with Gasteiger partial charge in [0.05, 0.1) is 17.8 Å². The summed E-state index contributed by atoms with van der Waals surface area (Å²) in [6.45, 7) is 5.67. The molecule has 0 aliphatic rings. The zero-order chi connectivity index (χ0) is 14.6. The van der Waals surface area contributed by atoms with Crippen LogP contribution in [0.5, 0.6) is 5.75 Å². The van der Waals surface area contributed by atoms with Gasteiger partial charge in [-0.3, -0.25) is 0 Å². The first-order valence-electron chi connectivity index (χ1n) is 5.70. The Morgan fingerprint density at radius 1 is 1.21 bits per heavy atom. The van der Waals surface area contributed by atoms with E-state index in [4.69, 9.17) is 14.6 Å². The Balaban J connectivity index is 2.67. The van der Waals surface area contributed by atoms with Crippen LogP contribution in [0.3, 0.4) is 0 Å². The molecule has 0 saturated carbocycles. The van der Waals surface area contributed by atoms with E-state index in [1.807, 2.05) is 20.8 Å². The van der Waals surface area contributed by atoms with E-state index in [2.05, 4.69) is 0 Å². The Morgan fingerprint density at radius 3 is 2.16 bits per heavy atom. The minimum atomic E-state index is -1.40. The molecule has 0 fully saturated rings. The molecule has 4 nitrogen and oxygen atoms in total. The second kappa shape index (κ2) is 5.97. The molecule has 106 valence electrons. The van der Waals surface area contributed by atoms with Crippen LogP contribution in [0.1, 0.15) is 31.1 Å². The number of hydrogen-bond acceptors (Lipinski definition) is 3. The molecule has 0 aliphatic carbocycles. The molecule has 0 amide bonds. The molecule has 1 aromatic rings. The number of rotatable bonds is 5. The molecule has 1 N–H and O–H groups in total. The van der Waals surface area contributed by atoms with Gasteiger partial charge in [-0.1, -0.05) is 0 Å². The van der Waals surface area contributed by atoms with Gasteiger partial charge in [0.15, 0.2) is 17.4 Å². The Labute approximate surface area is 109 Å². The fraction of sp³-hybridized carbons (Fsp3) is 0.462. The van der Waals surface area contributed by atoms with Crippen molar-refractivity contribution < 1.29 is 28.2 Å². The number of hydrogen-bond donors (Lipinski definition) is 1. The van der Waals surface area contributed by atoms with Gasteiger partial charge >= 0.3 is 5.97 Å². The topological polar surface area (TPSA) is 55.8 Å². The number of carboxylic acids is 1. The van der Waals surface area contributed by atoms with Gasteiger partial charge < -0.3 is 14.6 Å². The molecule has 0 aromatic heterocycles. The van der Waals surface area contributed by atoms with Gasteiger partial charge in [-0.25, -0.2) is 13.6 Å². The van der Waals surface area contributed by atoms with Crippen molar-refractivity contribution in [3.05, 3.63) is 29.3 Å². The number of benzene rings is 1. The molecule has 0 atom stereocenters. The molecular formula is C13H16F2O4. The van der Waals surface area contributed by atoms with Crippen molar-refractivity contribution >= 4 is 5.97 Å². The highest BCUT2D eigenvalue weighted by Gasteiger charge is 2.16. The van der Waals surface area contributed by atoms with E-state index in [0.29, 0.717) is 12.1 Å². The van der Waals surface area contributed by atoms with Gasteiger partial charge in [0.1, 0.15) is 6.61 Å². The molecule has 0 unspecified atom stereocenters. The van der Waals surface area contributed by atoms with Crippen molar-refractivity contribution in [2.45, 2.75) is 26.4 Å². The summed E-state index contributed by atoms with van der Waals surface area (Å²) in [6, 6.07) is 1.43. The van der Waals surface area contributed by atoms with Crippen LogP contribution in [0.15, 0.2) is 12.1 Å². The van der Waals surface area contributed by atoms with Crippen LogP contribution in [0.2, 0.25) is 0 Å². The summed E-state index contributed by atoms with van der Waals surface area (Å²) < 4.78 is 37.2. The van der Waals surface area contributed by atoms with Crippen molar-refractivity contribution in [3.63, 3.8) is 0 Å². The predicted octanol–water partition coefficient (Wildman–Crippen LogP) is 2.86. The van der Waals surface area contributed by atoms with Crippen molar-refractivity contribution in [1.29, 1.82) is 0 Å². The van der Waals surface area contributed by atoms with Gasteiger partial charge in [0.2, 0.25) is 0 Å². The fourth-order valence-corrected chi connectivity index (χ4v) is 1.31. The SMILES string of the molecule is CC(C)(C)OCCOc1c(F)cc(C(=O)O)cc1F. The lowest BCUT2D eigenvalue weighted by atomic mass is 10.2. The molecule has 19 heavy (non-hydrogen) atoms. The number of carboxylic acid groups (broad SMARTS) is 1. The Hall–Kier alpha value is -1.69. The zero-order valence-corrected chi connectivity index (χ0v) is 11.0. The highest BCUT2D eigenvalue weighted by Crippen LogP contribution is 2.23. The largest absolute Gasteiger partial charge is 0.485 e. The van der Waals surface area contributed by atoms with E-state index in [1.165, 1.54) is 0 Å². The Bertz CT molecular complexity index is 443. The maximum absolute atomic E-state index is 13.5. The van der Waals surface area contributed by atoms with Crippen LogP contribution in [-0.4, -0.2) is 29.9 Å². The number of carbonyl (C=O) groups is 1. The first-order chi connectivity index (χ1) is 8.70. The monoisotopic (exact) mass is 274 g/mol. The molecule has 0 saturated heterocycles. The average molecular weight is 274 g/mol. The van der Waals surface area contributed by atoms with Crippen molar-refractivity contribution in [2.24, 2.45) is 0 Å². The second-order valence-corrected chi connectivity index (χ2v) is 4.88. The van der Waals surface area contributed by atoms with Crippen LogP contribution in [0, 0.1) is 11.6 Å². The summed E-state index contributed by atoms with van der Waals surface area (Å²) in [6.07, 6.45) is 0. The van der Waals surface area contributed by atoms with E-state index in [-0.39, 0.29) is 18.8 Å². The van der Waals surface area contributed by atoms with Crippen LogP contribution in [0.25, 0.3) is 0 Å². The second-order valence-electron chi connectivity index (χ2n) is 4.88. The van der Waals surface area contributed by atoms with Gasteiger partial charge in [-0.2, -0.15) is 0 Å². The lowest BCUT2D eigenvalue weighted by molar-refractivity contribution is -0.0171. The normalized spacial score (nSPS) is 11.4. The molecule has 0 aliphatic heterocycles. The van der Waals surface area contributed by atoms with Gasteiger partial charge in [-0.05, 0) is 32.9 Å². The lowest BCUT2D eigenvalue weighted by Crippen LogP contribution is -2.22. The van der Waals surface area contributed by atoms with E-state index < -0.39 is 28.9 Å². The molecule has 0 bridgehead atoms. The first kappa shape index (κ1) is 15.4. The number of halogens is 2. The lowest BCUT2D eigenvalue weighted by Gasteiger charge is -2.19. The summed E-state index contributed by atoms with van der Waals surface area (Å²) in [4.78, 5) is 10.6. The van der Waals surface area contributed by atoms with Crippen molar-refractivity contribution in [1.82, 2.24) is 0 Å². The maximum atomic E-state index is 13.5. The highest BCUT2D eigenvalue weighted by molar-refractivity contribution is 5.87. The minimum Gasteiger partial charge on any atom is -0.485 e. The van der Waals surface area contributed by atoms with Gasteiger partial charge in [-0.15, -0.1) is 0 Å². The van der Waals surface area contributed by atoms with Gasteiger partial charge in [0.25, 0.3) is 0 Å². The average Bonchev–Trinajstić information content (AvgIpc) is 2.25. The molecule has 0 spiro atoms. The standard InChI is InChI=1S/C13H16F2O4/c1-13(2,3)19-5-4-18-11-9(14)6-8(12(16)17)7-10(11)15/h6-7H,4-5H2,1-3H3,(H,16,17). The third kappa shape index (κ3) is 4.82. The maximum Gasteiger partial charge on any atom is 0.335 e. The molecule has 0 radical (unpaired) electrons. The third-order valence-electron chi connectivity index (χ3n) is 2.11. The van der Waals surface area contributed by atoms with E-state index >= 15 is 0 Å². The summed E-state index contributed by atoms with van der Waals surface area (Å²) in [5, 5.41) is 8.63. The molecular weight excluding hydrogens is 258 g/mol. The van der Waals surface area contributed by atoms with Gasteiger partial charge in [0, 0.05) is 0 Å². The zero-order valence-electron chi connectivity index (χ0n) is 11.0.